The highest BCUT2D eigenvalue weighted by Gasteiger charge is 2.41. The Morgan fingerprint density at radius 1 is 1.13 bits per heavy atom. The fraction of sp³-hybridized carbons (Fsp3) is 0.696. The average molecular weight is 453 g/mol. The Kier molecular flexibility index (Phi) is 6.98. The van der Waals surface area contributed by atoms with Crippen molar-refractivity contribution in [3.8, 4) is 0 Å². The Morgan fingerprint density at radius 2 is 1.84 bits per heavy atom. The molecule has 2 atom stereocenters. The van der Waals surface area contributed by atoms with E-state index in [4.69, 9.17) is 4.74 Å². The summed E-state index contributed by atoms with van der Waals surface area (Å²) in [6.07, 6.45) is 7.97. The third kappa shape index (κ3) is 5.84. The van der Waals surface area contributed by atoms with Gasteiger partial charge in [-0.2, -0.15) is 0 Å². The zero-order valence-electron chi connectivity index (χ0n) is 18.1. The first-order chi connectivity index (χ1) is 14.8. The number of halogens is 1. The number of nitrogens with zero attached hydrogens (tertiary/aromatic N) is 1. The molecule has 6 nitrogen and oxygen atoms in total. The molecule has 8 heteroatoms. The van der Waals surface area contributed by atoms with Crippen molar-refractivity contribution < 1.29 is 22.3 Å². The lowest BCUT2D eigenvalue weighted by Crippen LogP contribution is -2.59. The number of amides is 1. The Labute approximate surface area is 184 Å². The maximum Gasteiger partial charge on any atom is 0.226 e. The SMILES string of the molecule is CS(=O)(=O)N[C@H]1CCCN(C(=O)C2CC2)[C@H]1COC1CCC(c2ccccc2F)CC1. The Hall–Kier alpha value is -1.51. The highest BCUT2D eigenvalue weighted by atomic mass is 32.2. The van der Waals surface area contributed by atoms with E-state index in [2.05, 4.69) is 4.72 Å². The van der Waals surface area contributed by atoms with Gasteiger partial charge in [-0.25, -0.2) is 17.5 Å². The fourth-order valence-electron chi connectivity index (χ4n) is 5.10. The van der Waals surface area contributed by atoms with Crippen LogP contribution in [0.1, 0.15) is 62.8 Å². The summed E-state index contributed by atoms with van der Waals surface area (Å²) in [4.78, 5) is 14.7. The molecular weight excluding hydrogens is 419 g/mol. The molecular formula is C23H33FN2O4S. The molecule has 1 aromatic rings. The van der Waals surface area contributed by atoms with Crippen LogP contribution in [0.25, 0.3) is 0 Å². The maximum absolute atomic E-state index is 14.1. The second kappa shape index (κ2) is 9.55. The van der Waals surface area contributed by atoms with E-state index in [1.54, 1.807) is 6.07 Å². The number of nitrogens with one attached hydrogen (secondary N) is 1. The summed E-state index contributed by atoms with van der Waals surface area (Å²) in [5.74, 6) is 0.300. The van der Waals surface area contributed by atoms with Gasteiger partial charge in [0, 0.05) is 18.5 Å². The molecule has 0 spiro atoms. The van der Waals surface area contributed by atoms with Crippen LogP contribution in [0, 0.1) is 11.7 Å². The standard InChI is InChI=1S/C23H33FN2O4S/c1-31(28,29)25-21-7-4-14-26(23(27)17-8-9-17)22(21)15-30-18-12-10-16(11-13-18)19-5-2-3-6-20(19)24/h2-3,5-6,16-18,21-22,25H,4,7-15H2,1H3/t16?,18?,21-,22-/m0/s1. The van der Waals surface area contributed by atoms with Gasteiger partial charge >= 0.3 is 0 Å². The van der Waals surface area contributed by atoms with Gasteiger partial charge in [0.05, 0.1) is 25.0 Å². The summed E-state index contributed by atoms with van der Waals surface area (Å²) in [6, 6.07) is 6.38. The smallest absolute Gasteiger partial charge is 0.226 e. The Morgan fingerprint density at radius 3 is 2.48 bits per heavy atom. The maximum atomic E-state index is 14.1. The van der Waals surface area contributed by atoms with E-state index in [0.717, 1.165) is 56.8 Å². The predicted molar refractivity (Wildman–Crippen MR) is 117 cm³/mol. The molecule has 1 amide bonds. The largest absolute Gasteiger partial charge is 0.376 e. The molecule has 2 saturated carbocycles. The molecule has 31 heavy (non-hydrogen) atoms. The van der Waals surface area contributed by atoms with Crippen molar-refractivity contribution >= 4 is 15.9 Å². The van der Waals surface area contributed by atoms with Crippen LogP contribution in [0.3, 0.4) is 0 Å². The van der Waals surface area contributed by atoms with Gasteiger partial charge in [-0.1, -0.05) is 18.2 Å². The predicted octanol–water partition coefficient (Wildman–Crippen LogP) is 3.19. The molecule has 4 rings (SSSR count). The van der Waals surface area contributed by atoms with Crippen LogP contribution >= 0.6 is 0 Å². The lowest BCUT2D eigenvalue weighted by atomic mass is 9.82. The third-order valence-corrected chi connectivity index (χ3v) is 7.61. The lowest BCUT2D eigenvalue weighted by Gasteiger charge is -2.42. The number of ether oxygens (including phenoxy) is 1. The summed E-state index contributed by atoms with van der Waals surface area (Å²) in [7, 11) is -3.37. The molecule has 0 radical (unpaired) electrons. The Balaban J connectivity index is 1.37. The third-order valence-electron chi connectivity index (χ3n) is 6.88. The zero-order chi connectivity index (χ0) is 22.0. The van der Waals surface area contributed by atoms with Gasteiger partial charge in [0.15, 0.2) is 0 Å². The van der Waals surface area contributed by atoms with Crippen molar-refractivity contribution in [1.82, 2.24) is 9.62 Å². The summed E-state index contributed by atoms with van der Waals surface area (Å²) >= 11 is 0. The molecule has 1 saturated heterocycles. The molecule has 1 aromatic carbocycles. The van der Waals surface area contributed by atoms with Crippen molar-refractivity contribution in [1.29, 1.82) is 0 Å². The summed E-state index contributed by atoms with van der Waals surface area (Å²) in [5, 5.41) is 0. The van der Waals surface area contributed by atoms with Crippen LogP contribution < -0.4 is 4.72 Å². The molecule has 3 fully saturated rings. The fourth-order valence-corrected chi connectivity index (χ4v) is 5.92. The number of carbonyl (C=O) groups is 1. The molecule has 0 bridgehead atoms. The molecule has 3 aliphatic rings. The molecule has 1 heterocycles. The second-order valence-corrected chi connectivity index (χ2v) is 11.1. The molecule has 0 aromatic heterocycles. The van der Waals surface area contributed by atoms with E-state index in [1.165, 1.54) is 6.07 Å². The quantitative estimate of drug-likeness (QED) is 0.689. The number of rotatable bonds is 7. The van der Waals surface area contributed by atoms with Crippen molar-refractivity contribution in [2.75, 3.05) is 19.4 Å². The summed E-state index contributed by atoms with van der Waals surface area (Å²) in [5.41, 5.74) is 0.784. The number of hydrogen-bond donors (Lipinski definition) is 1. The van der Waals surface area contributed by atoms with E-state index in [0.29, 0.717) is 19.6 Å². The van der Waals surface area contributed by atoms with Crippen LogP contribution in [0.5, 0.6) is 0 Å². The normalized spacial score (nSPS) is 29.7. The first kappa shape index (κ1) is 22.7. The molecule has 2 aliphatic carbocycles. The highest BCUT2D eigenvalue weighted by Crippen LogP contribution is 2.36. The number of hydrogen-bond acceptors (Lipinski definition) is 4. The van der Waals surface area contributed by atoms with Gasteiger partial charge in [0.2, 0.25) is 15.9 Å². The van der Waals surface area contributed by atoms with Gasteiger partial charge in [-0.05, 0) is 68.9 Å². The zero-order valence-corrected chi connectivity index (χ0v) is 19.0. The highest BCUT2D eigenvalue weighted by molar-refractivity contribution is 7.88. The minimum atomic E-state index is -3.37. The van der Waals surface area contributed by atoms with Crippen LogP contribution in [0.2, 0.25) is 0 Å². The first-order valence-electron chi connectivity index (χ1n) is 11.5. The number of sulfonamides is 1. The van der Waals surface area contributed by atoms with Crippen LogP contribution in [-0.4, -0.2) is 56.8 Å². The van der Waals surface area contributed by atoms with Gasteiger partial charge < -0.3 is 9.64 Å². The number of carbonyl (C=O) groups excluding carboxylic acids is 1. The molecule has 1 N–H and O–H groups in total. The van der Waals surface area contributed by atoms with Crippen LogP contribution in [0.15, 0.2) is 24.3 Å². The van der Waals surface area contributed by atoms with Gasteiger partial charge in [-0.15, -0.1) is 0 Å². The van der Waals surface area contributed by atoms with Crippen molar-refractivity contribution in [2.24, 2.45) is 5.92 Å². The van der Waals surface area contributed by atoms with E-state index in [9.17, 15) is 17.6 Å². The van der Waals surface area contributed by atoms with Crippen molar-refractivity contribution in [3.05, 3.63) is 35.6 Å². The lowest BCUT2D eigenvalue weighted by molar-refractivity contribution is -0.139. The van der Waals surface area contributed by atoms with Crippen molar-refractivity contribution in [2.45, 2.75) is 75.5 Å². The van der Waals surface area contributed by atoms with Gasteiger partial charge in [0.1, 0.15) is 5.82 Å². The van der Waals surface area contributed by atoms with E-state index < -0.39 is 10.0 Å². The van der Waals surface area contributed by atoms with Crippen LogP contribution in [0.4, 0.5) is 4.39 Å². The minimum Gasteiger partial charge on any atom is -0.376 e. The first-order valence-corrected chi connectivity index (χ1v) is 13.3. The van der Waals surface area contributed by atoms with E-state index >= 15 is 0 Å². The van der Waals surface area contributed by atoms with Gasteiger partial charge in [0.25, 0.3) is 0 Å². The Bertz CT molecular complexity index is 881. The topological polar surface area (TPSA) is 75.7 Å². The monoisotopic (exact) mass is 452 g/mol. The molecule has 1 aliphatic heterocycles. The average Bonchev–Trinajstić information content (AvgIpc) is 3.57. The van der Waals surface area contributed by atoms with Crippen LogP contribution in [-0.2, 0) is 19.6 Å². The second-order valence-electron chi connectivity index (χ2n) is 9.34. The summed E-state index contributed by atoms with van der Waals surface area (Å²) in [6.45, 7) is 0.992. The number of benzene rings is 1. The molecule has 0 unspecified atom stereocenters. The van der Waals surface area contributed by atoms with Crippen molar-refractivity contribution in [3.63, 3.8) is 0 Å². The molecule has 172 valence electrons. The number of piperidine rings is 1. The number of likely N-dealkylation sites (tertiary alicyclic amines) is 1. The van der Waals surface area contributed by atoms with E-state index in [-0.39, 0.29) is 41.7 Å². The minimum absolute atomic E-state index is 0.0571. The van der Waals surface area contributed by atoms with E-state index in [1.807, 2.05) is 17.0 Å². The van der Waals surface area contributed by atoms with Gasteiger partial charge in [-0.3, -0.25) is 4.79 Å². The summed E-state index contributed by atoms with van der Waals surface area (Å²) < 4.78 is 46.8.